The number of urea groups is 1. The number of nitrogens with one attached hydrogen (secondary N) is 1. The van der Waals surface area contributed by atoms with Crippen molar-refractivity contribution in [1.29, 1.82) is 0 Å². The first-order valence-corrected chi connectivity index (χ1v) is 16.4. The molecule has 0 bridgehead atoms. The van der Waals surface area contributed by atoms with Gasteiger partial charge in [0, 0.05) is 55.9 Å². The number of nitrogens with zero attached hydrogens (tertiary/aromatic N) is 4. The topological polar surface area (TPSA) is 140 Å². The first-order chi connectivity index (χ1) is 21.4. The molecule has 3 aromatic rings. The number of sulfone groups is 1. The Hall–Kier alpha value is -4.53. The molecule has 0 radical (unpaired) electrons. The SMILES string of the molecule is COc1ccc2c(c1)CCN(C1CCN(C(=O)Cn3cc(-c4cccc(F)c4F)c(=O)n(CCS(C)(=O)=O)c3=O)CC1)C(=O)N2. The highest BCUT2D eigenvalue weighted by Crippen LogP contribution is 2.28. The minimum absolute atomic E-state index is 0.131. The molecule has 15 heteroatoms. The highest BCUT2D eigenvalue weighted by molar-refractivity contribution is 7.90. The number of likely N-dealkylation sites (tertiary alicyclic amines) is 1. The number of piperidine rings is 1. The number of rotatable bonds is 8. The lowest BCUT2D eigenvalue weighted by Crippen LogP contribution is -2.51. The number of carbonyl (C=O) groups is 2. The Morgan fingerprint density at radius 2 is 1.78 bits per heavy atom. The highest BCUT2D eigenvalue weighted by atomic mass is 32.2. The number of amides is 3. The summed E-state index contributed by atoms with van der Waals surface area (Å²) in [7, 11) is -2.02. The minimum atomic E-state index is -3.60. The van der Waals surface area contributed by atoms with Crippen LogP contribution in [0.1, 0.15) is 18.4 Å². The molecule has 1 fully saturated rings. The molecule has 0 saturated carbocycles. The van der Waals surface area contributed by atoms with Gasteiger partial charge in [-0.3, -0.25) is 18.7 Å². The van der Waals surface area contributed by atoms with Crippen LogP contribution < -0.4 is 21.3 Å². The van der Waals surface area contributed by atoms with Gasteiger partial charge in [0.25, 0.3) is 5.56 Å². The van der Waals surface area contributed by atoms with Crippen LogP contribution in [0.4, 0.5) is 19.3 Å². The lowest BCUT2D eigenvalue weighted by Gasteiger charge is -2.38. The van der Waals surface area contributed by atoms with E-state index in [0.29, 0.717) is 49.2 Å². The molecule has 1 aromatic heterocycles. The summed E-state index contributed by atoms with van der Waals surface area (Å²) in [5.74, 6) is -2.85. The zero-order chi connectivity index (χ0) is 32.5. The summed E-state index contributed by atoms with van der Waals surface area (Å²) in [4.78, 5) is 56.1. The van der Waals surface area contributed by atoms with E-state index in [1.54, 1.807) is 24.1 Å². The molecule has 0 spiro atoms. The van der Waals surface area contributed by atoms with E-state index in [1.807, 2.05) is 6.07 Å². The molecule has 0 unspecified atom stereocenters. The van der Waals surface area contributed by atoms with Crippen molar-refractivity contribution >= 4 is 27.5 Å². The Kier molecular flexibility index (Phi) is 9.09. The molecule has 5 rings (SSSR count). The number of methoxy groups -OCH3 is 1. The molecule has 1 saturated heterocycles. The van der Waals surface area contributed by atoms with Crippen LogP contribution in [0.25, 0.3) is 11.1 Å². The summed E-state index contributed by atoms with van der Waals surface area (Å²) in [6.07, 6.45) is 3.53. The Morgan fingerprint density at radius 1 is 1.04 bits per heavy atom. The van der Waals surface area contributed by atoms with Crippen LogP contribution in [0.15, 0.2) is 52.2 Å². The average Bonchev–Trinajstić information content (AvgIpc) is 3.17. The number of benzene rings is 2. The predicted octanol–water partition coefficient (Wildman–Crippen LogP) is 2.09. The van der Waals surface area contributed by atoms with Gasteiger partial charge in [-0.2, -0.15) is 0 Å². The predicted molar refractivity (Wildman–Crippen MR) is 162 cm³/mol. The number of hydrogen-bond donors (Lipinski definition) is 1. The summed E-state index contributed by atoms with van der Waals surface area (Å²) in [5, 5.41) is 2.95. The zero-order valence-electron chi connectivity index (χ0n) is 24.8. The Balaban J connectivity index is 1.33. The monoisotopic (exact) mass is 645 g/mol. The van der Waals surface area contributed by atoms with Crippen molar-refractivity contribution in [1.82, 2.24) is 18.9 Å². The van der Waals surface area contributed by atoms with Gasteiger partial charge in [-0.05, 0) is 49.1 Å². The lowest BCUT2D eigenvalue weighted by atomic mass is 10.0. The quantitative estimate of drug-likeness (QED) is 0.396. The van der Waals surface area contributed by atoms with E-state index >= 15 is 0 Å². The van der Waals surface area contributed by atoms with E-state index in [9.17, 15) is 36.4 Å². The molecule has 0 aliphatic carbocycles. The summed E-state index contributed by atoms with van der Waals surface area (Å²) >= 11 is 0. The van der Waals surface area contributed by atoms with E-state index in [1.165, 1.54) is 11.0 Å². The number of ether oxygens (including phenoxy) is 1. The molecular formula is C30H33F2N5O7S. The van der Waals surface area contributed by atoms with Crippen LogP contribution in [-0.4, -0.2) is 84.1 Å². The van der Waals surface area contributed by atoms with Crippen molar-refractivity contribution in [2.24, 2.45) is 0 Å². The fourth-order valence-corrected chi connectivity index (χ4v) is 6.21. The van der Waals surface area contributed by atoms with Crippen LogP contribution in [0.2, 0.25) is 0 Å². The fourth-order valence-electron chi connectivity index (χ4n) is 5.69. The van der Waals surface area contributed by atoms with E-state index < -0.39 is 68.6 Å². The first-order valence-electron chi connectivity index (χ1n) is 14.3. The normalized spacial score (nSPS) is 15.8. The van der Waals surface area contributed by atoms with Crippen LogP contribution in [0, 0.1) is 11.6 Å². The number of fused-ring (bicyclic) bond motifs is 1. The standard InChI is InChI=1S/C30H33F2N5O7S/c1-44-21-6-7-25-19(16-21)8-13-36(29(40)33-25)20-9-11-34(12-10-20)26(38)18-35-17-23(22-4-3-5-24(31)27(22)32)28(39)37(30(35)41)14-15-45(2,42)43/h3-7,16-17,20H,8-15,18H2,1-2H3,(H,33,40). The molecule has 2 aliphatic heterocycles. The van der Waals surface area contributed by atoms with Crippen LogP contribution in [0.3, 0.4) is 0 Å². The maximum absolute atomic E-state index is 14.7. The molecule has 2 aromatic carbocycles. The minimum Gasteiger partial charge on any atom is -0.497 e. The Morgan fingerprint density at radius 3 is 2.47 bits per heavy atom. The smallest absolute Gasteiger partial charge is 0.331 e. The third-order valence-corrected chi connectivity index (χ3v) is 9.09. The van der Waals surface area contributed by atoms with Gasteiger partial charge in [-0.15, -0.1) is 0 Å². The molecule has 3 amide bonds. The van der Waals surface area contributed by atoms with Crippen molar-refractivity contribution in [2.75, 3.05) is 44.1 Å². The van der Waals surface area contributed by atoms with E-state index in [-0.39, 0.29) is 12.1 Å². The van der Waals surface area contributed by atoms with Crippen molar-refractivity contribution in [2.45, 2.75) is 38.4 Å². The van der Waals surface area contributed by atoms with Crippen LogP contribution in [-0.2, 0) is 34.1 Å². The van der Waals surface area contributed by atoms with Crippen molar-refractivity contribution in [3.63, 3.8) is 0 Å². The van der Waals surface area contributed by atoms with Gasteiger partial charge in [0.1, 0.15) is 22.1 Å². The summed E-state index contributed by atoms with van der Waals surface area (Å²) in [6.45, 7) is 0.0155. The Labute approximate surface area is 257 Å². The number of aromatic nitrogens is 2. The van der Waals surface area contributed by atoms with Crippen LogP contribution >= 0.6 is 0 Å². The summed E-state index contributed by atoms with van der Waals surface area (Å²) in [5.41, 5.74) is -1.10. The molecule has 12 nitrogen and oxygen atoms in total. The first kappa shape index (κ1) is 31.9. The number of halogens is 2. The van der Waals surface area contributed by atoms with E-state index in [0.717, 1.165) is 40.4 Å². The Bertz CT molecular complexity index is 1870. The van der Waals surface area contributed by atoms with Gasteiger partial charge in [-0.25, -0.2) is 26.8 Å². The number of anilines is 1. The molecule has 0 atom stereocenters. The van der Waals surface area contributed by atoms with E-state index in [4.69, 9.17) is 4.74 Å². The van der Waals surface area contributed by atoms with Crippen molar-refractivity contribution in [3.05, 3.63) is 80.6 Å². The van der Waals surface area contributed by atoms with Gasteiger partial charge < -0.3 is 19.9 Å². The lowest BCUT2D eigenvalue weighted by molar-refractivity contribution is -0.133. The second kappa shape index (κ2) is 12.8. The third-order valence-electron chi connectivity index (χ3n) is 8.17. The summed E-state index contributed by atoms with van der Waals surface area (Å²) < 4.78 is 59.1. The molecular weight excluding hydrogens is 612 g/mol. The molecule has 240 valence electrons. The second-order valence-corrected chi connectivity index (χ2v) is 13.4. The van der Waals surface area contributed by atoms with Gasteiger partial charge in [-0.1, -0.05) is 12.1 Å². The van der Waals surface area contributed by atoms with Gasteiger partial charge in [0.2, 0.25) is 5.91 Å². The number of hydrogen-bond acceptors (Lipinski definition) is 7. The molecule has 2 aliphatic rings. The molecule has 1 N–H and O–H groups in total. The summed E-state index contributed by atoms with van der Waals surface area (Å²) in [6, 6.07) is 8.33. The van der Waals surface area contributed by atoms with Gasteiger partial charge >= 0.3 is 11.7 Å². The second-order valence-electron chi connectivity index (χ2n) is 11.1. The number of carbonyl (C=O) groups excluding carboxylic acids is 2. The van der Waals surface area contributed by atoms with Gasteiger partial charge in [0.05, 0.1) is 18.4 Å². The molecule has 3 heterocycles. The van der Waals surface area contributed by atoms with Gasteiger partial charge in [0.15, 0.2) is 11.6 Å². The largest absolute Gasteiger partial charge is 0.497 e. The maximum Gasteiger partial charge on any atom is 0.331 e. The van der Waals surface area contributed by atoms with Crippen LogP contribution in [0.5, 0.6) is 5.75 Å². The fraction of sp³-hybridized carbons (Fsp3) is 0.400. The van der Waals surface area contributed by atoms with Crippen molar-refractivity contribution < 1.29 is 31.5 Å². The van der Waals surface area contributed by atoms with Crippen molar-refractivity contribution in [3.8, 4) is 16.9 Å². The molecule has 45 heavy (non-hydrogen) atoms. The highest BCUT2D eigenvalue weighted by Gasteiger charge is 2.32. The average molecular weight is 646 g/mol. The third kappa shape index (κ3) is 6.92. The maximum atomic E-state index is 14.7. The zero-order valence-corrected chi connectivity index (χ0v) is 25.6. The van der Waals surface area contributed by atoms with E-state index in [2.05, 4.69) is 5.32 Å².